The molecule has 0 saturated carbocycles. The van der Waals surface area contributed by atoms with Gasteiger partial charge >= 0.3 is 0 Å². The molecule has 0 bridgehead atoms. The first-order valence-corrected chi connectivity index (χ1v) is 9.18. The SMILES string of the molecule is CCn1cc(CN(Cc2ccccc2OC)CC2CCCO2)c(C)n1. The zero-order valence-corrected chi connectivity index (χ0v) is 15.6. The average Bonchev–Trinajstić information content (AvgIpc) is 3.25. The number of ether oxygens (including phenoxy) is 2. The van der Waals surface area contributed by atoms with Crippen LogP contribution in [0.5, 0.6) is 5.75 Å². The number of benzene rings is 1. The Bertz CT molecular complexity index is 677. The summed E-state index contributed by atoms with van der Waals surface area (Å²) < 4.78 is 13.4. The molecule has 1 aromatic heterocycles. The van der Waals surface area contributed by atoms with E-state index in [2.05, 4.69) is 42.2 Å². The maximum Gasteiger partial charge on any atom is 0.123 e. The molecule has 2 heterocycles. The van der Waals surface area contributed by atoms with Gasteiger partial charge in [-0.2, -0.15) is 5.10 Å². The molecule has 2 aromatic rings. The summed E-state index contributed by atoms with van der Waals surface area (Å²) in [6.45, 7) is 8.67. The number of rotatable bonds is 8. The number of nitrogens with zero attached hydrogens (tertiary/aromatic N) is 3. The Morgan fingerprint density at radius 2 is 2.08 bits per heavy atom. The van der Waals surface area contributed by atoms with E-state index in [0.29, 0.717) is 6.10 Å². The van der Waals surface area contributed by atoms with Gasteiger partial charge in [-0.3, -0.25) is 9.58 Å². The van der Waals surface area contributed by atoms with Gasteiger partial charge in [-0.25, -0.2) is 0 Å². The molecule has 0 N–H and O–H groups in total. The molecule has 1 atom stereocenters. The predicted molar refractivity (Wildman–Crippen MR) is 98.7 cm³/mol. The van der Waals surface area contributed by atoms with E-state index in [1.165, 1.54) is 17.5 Å². The average molecular weight is 343 g/mol. The summed E-state index contributed by atoms with van der Waals surface area (Å²) in [7, 11) is 1.73. The fourth-order valence-corrected chi connectivity index (χ4v) is 3.45. The second-order valence-electron chi connectivity index (χ2n) is 6.71. The van der Waals surface area contributed by atoms with Gasteiger partial charge in [0.05, 0.1) is 18.9 Å². The highest BCUT2D eigenvalue weighted by molar-refractivity contribution is 5.33. The minimum Gasteiger partial charge on any atom is -0.496 e. The molecule has 1 fully saturated rings. The van der Waals surface area contributed by atoms with Crippen molar-refractivity contribution in [2.75, 3.05) is 20.3 Å². The predicted octanol–water partition coefficient (Wildman–Crippen LogP) is 3.40. The first kappa shape index (κ1) is 18.0. The molecule has 25 heavy (non-hydrogen) atoms. The van der Waals surface area contributed by atoms with Crippen LogP contribution < -0.4 is 4.74 Å². The second kappa shape index (κ2) is 8.50. The van der Waals surface area contributed by atoms with Crippen molar-refractivity contribution in [1.29, 1.82) is 0 Å². The Balaban J connectivity index is 1.77. The first-order chi connectivity index (χ1) is 12.2. The fourth-order valence-electron chi connectivity index (χ4n) is 3.45. The van der Waals surface area contributed by atoms with Crippen molar-refractivity contribution >= 4 is 0 Å². The fraction of sp³-hybridized carbons (Fsp3) is 0.550. The lowest BCUT2D eigenvalue weighted by atomic mass is 10.1. The molecule has 1 aromatic carbocycles. The molecule has 0 spiro atoms. The number of para-hydroxylation sites is 1. The van der Waals surface area contributed by atoms with Crippen LogP contribution in [0.25, 0.3) is 0 Å². The Labute approximate surface area is 150 Å². The third kappa shape index (κ3) is 4.61. The molecule has 0 amide bonds. The Kier molecular flexibility index (Phi) is 6.10. The van der Waals surface area contributed by atoms with Crippen LogP contribution in [0, 0.1) is 6.92 Å². The van der Waals surface area contributed by atoms with Gasteiger partial charge < -0.3 is 9.47 Å². The molecular formula is C20H29N3O2. The molecule has 5 heteroatoms. The lowest BCUT2D eigenvalue weighted by molar-refractivity contribution is 0.0675. The van der Waals surface area contributed by atoms with Gasteiger partial charge in [0, 0.05) is 50.1 Å². The molecule has 0 radical (unpaired) electrons. The molecule has 1 unspecified atom stereocenters. The van der Waals surface area contributed by atoms with Crippen LogP contribution in [0.2, 0.25) is 0 Å². The van der Waals surface area contributed by atoms with Gasteiger partial charge in [0.1, 0.15) is 5.75 Å². The molecule has 5 nitrogen and oxygen atoms in total. The maximum atomic E-state index is 5.88. The zero-order chi connectivity index (χ0) is 17.6. The highest BCUT2D eigenvalue weighted by atomic mass is 16.5. The monoisotopic (exact) mass is 343 g/mol. The van der Waals surface area contributed by atoms with Crippen molar-refractivity contribution in [1.82, 2.24) is 14.7 Å². The topological polar surface area (TPSA) is 39.5 Å². The van der Waals surface area contributed by atoms with Gasteiger partial charge in [0.25, 0.3) is 0 Å². The molecule has 3 rings (SSSR count). The second-order valence-corrected chi connectivity index (χ2v) is 6.71. The van der Waals surface area contributed by atoms with E-state index in [1.54, 1.807) is 7.11 Å². The van der Waals surface area contributed by atoms with Crippen molar-refractivity contribution < 1.29 is 9.47 Å². The summed E-state index contributed by atoms with van der Waals surface area (Å²) in [5, 5.41) is 4.59. The van der Waals surface area contributed by atoms with Crippen LogP contribution in [0.3, 0.4) is 0 Å². The van der Waals surface area contributed by atoms with E-state index in [1.807, 2.05) is 16.8 Å². The molecule has 136 valence electrons. The standard InChI is InChI=1S/C20H29N3O2/c1-4-23-14-18(16(2)21-23)13-22(15-19-9-7-11-25-19)12-17-8-5-6-10-20(17)24-3/h5-6,8,10,14,19H,4,7,9,11-13,15H2,1-3H3. The molecular weight excluding hydrogens is 314 g/mol. The summed E-state index contributed by atoms with van der Waals surface area (Å²) >= 11 is 0. The van der Waals surface area contributed by atoms with Crippen molar-refractivity contribution in [3.05, 3.63) is 47.3 Å². The highest BCUT2D eigenvalue weighted by Gasteiger charge is 2.21. The van der Waals surface area contributed by atoms with Gasteiger partial charge in [0.15, 0.2) is 0 Å². The summed E-state index contributed by atoms with van der Waals surface area (Å²) in [4.78, 5) is 2.46. The number of hydrogen-bond acceptors (Lipinski definition) is 4. The molecule has 1 aliphatic rings. The molecule has 1 aliphatic heterocycles. The van der Waals surface area contributed by atoms with Crippen LogP contribution in [0.1, 0.15) is 36.6 Å². The highest BCUT2D eigenvalue weighted by Crippen LogP contribution is 2.23. The van der Waals surface area contributed by atoms with Gasteiger partial charge in [-0.05, 0) is 32.8 Å². The smallest absolute Gasteiger partial charge is 0.123 e. The Morgan fingerprint density at radius 1 is 1.28 bits per heavy atom. The summed E-state index contributed by atoms with van der Waals surface area (Å²) in [6, 6.07) is 8.26. The van der Waals surface area contributed by atoms with Gasteiger partial charge in [-0.15, -0.1) is 0 Å². The number of methoxy groups -OCH3 is 1. The van der Waals surface area contributed by atoms with Crippen LogP contribution in [0.15, 0.2) is 30.5 Å². The zero-order valence-electron chi connectivity index (χ0n) is 15.6. The van der Waals surface area contributed by atoms with Crippen LogP contribution in [-0.2, 0) is 24.4 Å². The number of aromatic nitrogens is 2. The van der Waals surface area contributed by atoms with Crippen LogP contribution >= 0.6 is 0 Å². The van der Waals surface area contributed by atoms with Crippen molar-refractivity contribution in [3.8, 4) is 5.75 Å². The Hall–Kier alpha value is -1.85. The maximum absolute atomic E-state index is 5.88. The van der Waals surface area contributed by atoms with Crippen molar-refractivity contribution in [2.24, 2.45) is 0 Å². The largest absolute Gasteiger partial charge is 0.496 e. The van der Waals surface area contributed by atoms with Crippen LogP contribution in [-0.4, -0.2) is 41.0 Å². The third-order valence-corrected chi connectivity index (χ3v) is 4.84. The number of aryl methyl sites for hydroxylation is 2. The third-order valence-electron chi connectivity index (χ3n) is 4.84. The van der Waals surface area contributed by atoms with E-state index in [0.717, 1.165) is 50.7 Å². The van der Waals surface area contributed by atoms with E-state index in [4.69, 9.17) is 9.47 Å². The van der Waals surface area contributed by atoms with Crippen molar-refractivity contribution in [2.45, 2.75) is 52.4 Å². The minimum absolute atomic E-state index is 0.330. The minimum atomic E-state index is 0.330. The van der Waals surface area contributed by atoms with Crippen molar-refractivity contribution in [3.63, 3.8) is 0 Å². The van der Waals surface area contributed by atoms with E-state index in [-0.39, 0.29) is 0 Å². The first-order valence-electron chi connectivity index (χ1n) is 9.18. The van der Waals surface area contributed by atoms with Crippen LogP contribution in [0.4, 0.5) is 0 Å². The summed E-state index contributed by atoms with van der Waals surface area (Å²) in [5.41, 5.74) is 3.61. The van der Waals surface area contributed by atoms with E-state index < -0.39 is 0 Å². The Morgan fingerprint density at radius 3 is 2.76 bits per heavy atom. The van der Waals surface area contributed by atoms with E-state index >= 15 is 0 Å². The normalized spacial score (nSPS) is 17.4. The molecule has 1 saturated heterocycles. The van der Waals surface area contributed by atoms with Gasteiger partial charge in [-0.1, -0.05) is 18.2 Å². The summed E-state index contributed by atoms with van der Waals surface area (Å²) in [5.74, 6) is 0.945. The lowest BCUT2D eigenvalue weighted by Crippen LogP contribution is -2.31. The lowest BCUT2D eigenvalue weighted by Gasteiger charge is -2.26. The molecule has 0 aliphatic carbocycles. The van der Waals surface area contributed by atoms with Gasteiger partial charge in [0.2, 0.25) is 0 Å². The quantitative estimate of drug-likeness (QED) is 0.736. The number of hydrogen-bond donors (Lipinski definition) is 0. The van der Waals surface area contributed by atoms with E-state index in [9.17, 15) is 0 Å². The summed E-state index contributed by atoms with van der Waals surface area (Å²) in [6.07, 6.45) is 4.81.